The molecule has 0 saturated carbocycles. The first-order valence-electron chi connectivity index (χ1n) is 10.2. The molecule has 154 valence electrons. The van der Waals surface area contributed by atoms with Crippen LogP contribution >= 0.6 is 0 Å². The molecule has 1 aromatic carbocycles. The molecule has 0 amide bonds. The van der Waals surface area contributed by atoms with Crippen LogP contribution in [-0.2, 0) is 7.05 Å². The summed E-state index contributed by atoms with van der Waals surface area (Å²) in [5.41, 5.74) is 4.26. The van der Waals surface area contributed by atoms with Crippen LogP contribution in [-0.4, -0.2) is 73.9 Å². The summed E-state index contributed by atoms with van der Waals surface area (Å²) in [6, 6.07) is 10.5. The van der Waals surface area contributed by atoms with E-state index in [1.165, 1.54) is 0 Å². The topological polar surface area (TPSA) is 75.2 Å². The Morgan fingerprint density at radius 1 is 0.967 bits per heavy atom. The molecule has 3 aromatic heterocycles. The first kappa shape index (κ1) is 18.8. The maximum atomic E-state index is 9.14. The van der Waals surface area contributed by atoms with Crippen LogP contribution in [0.2, 0.25) is 0 Å². The SMILES string of the molecule is Cn1cc(-c2ccc3cnn(-c4ccnc(N5CCN(CCO)CC5)c4)c3c2)cn1. The highest BCUT2D eigenvalue weighted by molar-refractivity contribution is 5.85. The number of benzene rings is 1. The van der Waals surface area contributed by atoms with Crippen LogP contribution in [0.3, 0.4) is 0 Å². The van der Waals surface area contributed by atoms with Gasteiger partial charge in [-0.05, 0) is 17.7 Å². The maximum absolute atomic E-state index is 9.14. The molecular formula is C22H25N7O. The van der Waals surface area contributed by atoms with Crippen LogP contribution in [0.5, 0.6) is 0 Å². The van der Waals surface area contributed by atoms with Gasteiger partial charge in [0, 0.05) is 69.2 Å². The smallest absolute Gasteiger partial charge is 0.130 e. The number of aryl methyl sites for hydroxylation is 1. The van der Waals surface area contributed by atoms with Crippen LogP contribution in [0.15, 0.2) is 55.1 Å². The molecule has 1 aliphatic rings. The van der Waals surface area contributed by atoms with Gasteiger partial charge < -0.3 is 10.0 Å². The van der Waals surface area contributed by atoms with Gasteiger partial charge in [-0.15, -0.1) is 0 Å². The van der Waals surface area contributed by atoms with Crippen molar-refractivity contribution in [1.29, 1.82) is 0 Å². The fourth-order valence-electron chi connectivity index (χ4n) is 4.03. The number of β-amino-alcohol motifs (C(OH)–C–C–N with tert-alkyl or cyclic N) is 1. The van der Waals surface area contributed by atoms with Crippen molar-refractivity contribution in [2.75, 3.05) is 44.2 Å². The number of anilines is 1. The van der Waals surface area contributed by atoms with Crippen molar-refractivity contribution >= 4 is 16.7 Å². The molecule has 4 aromatic rings. The van der Waals surface area contributed by atoms with Crippen molar-refractivity contribution in [3.8, 4) is 16.8 Å². The van der Waals surface area contributed by atoms with Crippen molar-refractivity contribution in [2.45, 2.75) is 0 Å². The third-order valence-electron chi connectivity index (χ3n) is 5.70. The molecule has 0 radical (unpaired) electrons. The first-order valence-corrected chi connectivity index (χ1v) is 10.2. The van der Waals surface area contributed by atoms with Gasteiger partial charge in [0.15, 0.2) is 0 Å². The van der Waals surface area contributed by atoms with Gasteiger partial charge in [0.2, 0.25) is 0 Å². The second-order valence-electron chi connectivity index (χ2n) is 7.66. The number of aromatic nitrogens is 5. The molecule has 0 bridgehead atoms. The van der Waals surface area contributed by atoms with E-state index in [9.17, 15) is 0 Å². The Morgan fingerprint density at radius 2 is 1.83 bits per heavy atom. The fourth-order valence-corrected chi connectivity index (χ4v) is 4.03. The van der Waals surface area contributed by atoms with E-state index < -0.39 is 0 Å². The predicted molar refractivity (Wildman–Crippen MR) is 117 cm³/mol. The number of piperazine rings is 1. The van der Waals surface area contributed by atoms with Gasteiger partial charge in [-0.25, -0.2) is 9.67 Å². The summed E-state index contributed by atoms with van der Waals surface area (Å²) in [6.45, 7) is 4.63. The summed E-state index contributed by atoms with van der Waals surface area (Å²) in [4.78, 5) is 9.17. The number of hydrogen-bond donors (Lipinski definition) is 1. The maximum Gasteiger partial charge on any atom is 0.130 e. The molecule has 0 unspecified atom stereocenters. The quantitative estimate of drug-likeness (QED) is 0.549. The van der Waals surface area contributed by atoms with E-state index in [0.717, 1.165) is 66.3 Å². The molecule has 0 spiro atoms. The normalized spacial score (nSPS) is 15.2. The van der Waals surface area contributed by atoms with E-state index in [4.69, 9.17) is 5.11 Å². The number of aliphatic hydroxyl groups excluding tert-OH is 1. The minimum absolute atomic E-state index is 0.209. The highest BCUT2D eigenvalue weighted by atomic mass is 16.3. The summed E-state index contributed by atoms with van der Waals surface area (Å²) in [7, 11) is 1.93. The Labute approximate surface area is 175 Å². The van der Waals surface area contributed by atoms with Gasteiger partial charge in [-0.3, -0.25) is 9.58 Å². The molecule has 1 fully saturated rings. The van der Waals surface area contributed by atoms with E-state index in [1.54, 1.807) is 0 Å². The molecule has 8 heteroatoms. The summed E-state index contributed by atoms with van der Waals surface area (Å²) >= 11 is 0. The average molecular weight is 403 g/mol. The minimum Gasteiger partial charge on any atom is -0.395 e. The number of aliphatic hydroxyl groups is 1. The van der Waals surface area contributed by atoms with Gasteiger partial charge in [-0.2, -0.15) is 10.2 Å². The summed E-state index contributed by atoms with van der Waals surface area (Å²) in [5.74, 6) is 0.961. The van der Waals surface area contributed by atoms with Crippen LogP contribution < -0.4 is 4.90 Å². The van der Waals surface area contributed by atoms with Gasteiger partial charge in [-0.1, -0.05) is 12.1 Å². The van der Waals surface area contributed by atoms with Gasteiger partial charge in [0.1, 0.15) is 5.82 Å². The molecule has 1 saturated heterocycles. The molecule has 1 aliphatic heterocycles. The highest BCUT2D eigenvalue weighted by Gasteiger charge is 2.18. The van der Waals surface area contributed by atoms with Crippen molar-refractivity contribution in [3.63, 3.8) is 0 Å². The molecule has 8 nitrogen and oxygen atoms in total. The minimum atomic E-state index is 0.209. The van der Waals surface area contributed by atoms with E-state index >= 15 is 0 Å². The largest absolute Gasteiger partial charge is 0.395 e. The molecule has 0 atom stereocenters. The summed E-state index contributed by atoms with van der Waals surface area (Å²) in [6.07, 6.45) is 7.64. The molecule has 4 heterocycles. The lowest BCUT2D eigenvalue weighted by atomic mass is 10.1. The molecule has 5 rings (SSSR count). The van der Waals surface area contributed by atoms with E-state index in [2.05, 4.69) is 49.2 Å². The highest BCUT2D eigenvalue weighted by Crippen LogP contribution is 2.26. The third-order valence-corrected chi connectivity index (χ3v) is 5.70. The van der Waals surface area contributed by atoms with Crippen molar-refractivity contribution in [1.82, 2.24) is 29.4 Å². The van der Waals surface area contributed by atoms with Gasteiger partial charge in [0.05, 0.1) is 30.2 Å². The molecule has 1 N–H and O–H groups in total. The Balaban J connectivity index is 1.45. The Kier molecular flexibility index (Phi) is 4.94. The summed E-state index contributed by atoms with van der Waals surface area (Å²) < 4.78 is 3.79. The zero-order chi connectivity index (χ0) is 20.5. The standard InChI is InChI=1S/C22H25N7O/c1-26-16-19(15-24-26)17-2-3-18-14-25-29(21(18)12-17)20-4-5-23-22(13-20)28-8-6-27(7-9-28)10-11-30/h2-5,12-16,30H,6-11H2,1H3. The van der Waals surface area contributed by atoms with E-state index in [0.29, 0.717) is 0 Å². The van der Waals surface area contributed by atoms with Crippen molar-refractivity contribution in [3.05, 3.63) is 55.1 Å². The molecule has 0 aliphatic carbocycles. The lowest BCUT2D eigenvalue weighted by Crippen LogP contribution is -2.47. The lowest BCUT2D eigenvalue weighted by Gasteiger charge is -2.35. The Morgan fingerprint density at radius 3 is 2.60 bits per heavy atom. The van der Waals surface area contributed by atoms with Gasteiger partial charge in [0.25, 0.3) is 0 Å². The first-order chi connectivity index (χ1) is 14.7. The second-order valence-corrected chi connectivity index (χ2v) is 7.66. The van der Waals surface area contributed by atoms with Crippen LogP contribution in [0.25, 0.3) is 27.7 Å². The predicted octanol–water partition coefficient (Wildman–Crippen LogP) is 1.94. The molecular weight excluding hydrogens is 378 g/mol. The zero-order valence-corrected chi connectivity index (χ0v) is 17.0. The third kappa shape index (κ3) is 3.55. The number of pyridine rings is 1. The van der Waals surface area contributed by atoms with E-state index in [-0.39, 0.29) is 6.61 Å². The van der Waals surface area contributed by atoms with E-state index in [1.807, 2.05) is 47.3 Å². The van der Waals surface area contributed by atoms with Gasteiger partial charge >= 0.3 is 0 Å². The second kappa shape index (κ2) is 7.89. The number of nitrogens with zero attached hydrogens (tertiary/aromatic N) is 7. The average Bonchev–Trinajstić information content (AvgIpc) is 3.40. The zero-order valence-electron chi connectivity index (χ0n) is 17.0. The monoisotopic (exact) mass is 403 g/mol. The van der Waals surface area contributed by atoms with Crippen molar-refractivity contribution < 1.29 is 5.11 Å². The van der Waals surface area contributed by atoms with Crippen LogP contribution in [0, 0.1) is 0 Å². The number of rotatable bonds is 5. The van der Waals surface area contributed by atoms with Crippen LogP contribution in [0.1, 0.15) is 0 Å². The van der Waals surface area contributed by atoms with Crippen LogP contribution in [0.4, 0.5) is 5.82 Å². The fraction of sp³-hybridized carbons (Fsp3) is 0.318. The lowest BCUT2D eigenvalue weighted by molar-refractivity contribution is 0.188. The number of fused-ring (bicyclic) bond motifs is 1. The number of hydrogen-bond acceptors (Lipinski definition) is 6. The molecule has 30 heavy (non-hydrogen) atoms. The summed E-state index contributed by atoms with van der Waals surface area (Å²) in [5, 5.41) is 19.2. The van der Waals surface area contributed by atoms with Crippen molar-refractivity contribution in [2.24, 2.45) is 7.05 Å². The Hall–Kier alpha value is -3.23. The Bertz CT molecular complexity index is 1160.